The van der Waals surface area contributed by atoms with Crippen LogP contribution in [0.2, 0.25) is 0 Å². The fourth-order valence-corrected chi connectivity index (χ4v) is 3.00. The number of aryl methyl sites for hydroxylation is 1. The zero-order chi connectivity index (χ0) is 14.7. The van der Waals surface area contributed by atoms with E-state index < -0.39 is 11.9 Å². The summed E-state index contributed by atoms with van der Waals surface area (Å²) in [5.74, 6) is -1.19. The van der Waals surface area contributed by atoms with Crippen molar-refractivity contribution < 1.29 is 14.6 Å². The highest BCUT2D eigenvalue weighted by molar-refractivity contribution is 9.10. The van der Waals surface area contributed by atoms with Gasteiger partial charge in [0.15, 0.2) is 0 Å². The molecule has 0 aromatic heterocycles. The van der Waals surface area contributed by atoms with Crippen LogP contribution in [0.15, 0.2) is 22.7 Å². The van der Waals surface area contributed by atoms with E-state index in [1.807, 2.05) is 0 Å². The van der Waals surface area contributed by atoms with Crippen molar-refractivity contribution in [2.24, 2.45) is 5.92 Å². The third-order valence-corrected chi connectivity index (χ3v) is 4.72. The van der Waals surface area contributed by atoms with Crippen molar-refractivity contribution in [1.29, 1.82) is 0 Å². The van der Waals surface area contributed by atoms with Crippen LogP contribution >= 0.6 is 15.9 Å². The first-order valence-electron chi connectivity index (χ1n) is 6.82. The monoisotopic (exact) mass is 341 g/mol. The first-order valence-corrected chi connectivity index (χ1v) is 7.61. The summed E-state index contributed by atoms with van der Waals surface area (Å²) in [7, 11) is 0. The number of carboxylic acid groups (broad SMARTS) is 1. The van der Waals surface area contributed by atoms with E-state index in [-0.39, 0.29) is 6.04 Å². The van der Waals surface area contributed by atoms with Crippen molar-refractivity contribution in [2.45, 2.75) is 26.4 Å². The molecule has 0 amide bonds. The van der Waals surface area contributed by atoms with Gasteiger partial charge in [-0.05, 0) is 30.7 Å². The molecule has 0 aliphatic carbocycles. The smallest absolute Gasteiger partial charge is 0.310 e. The molecule has 0 spiro atoms. The van der Waals surface area contributed by atoms with Crippen molar-refractivity contribution in [3.63, 3.8) is 0 Å². The van der Waals surface area contributed by atoms with E-state index in [9.17, 15) is 9.90 Å². The number of nitrogens with zero attached hydrogens (tertiary/aromatic N) is 1. The fraction of sp³-hybridized carbons (Fsp3) is 0.533. The highest BCUT2D eigenvalue weighted by Crippen LogP contribution is 2.24. The Balaban J connectivity index is 2.12. The van der Waals surface area contributed by atoms with Crippen molar-refractivity contribution in [1.82, 2.24) is 4.90 Å². The van der Waals surface area contributed by atoms with Gasteiger partial charge in [-0.2, -0.15) is 0 Å². The summed E-state index contributed by atoms with van der Waals surface area (Å²) in [6.07, 6.45) is 0. The molecule has 1 N–H and O–H groups in total. The molecule has 1 aromatic carbocycles. The topological polar surface area (TPSA) is 49.8 Å². The minimum Gasteiger partial charge on any atom is -0.481 e. The summed E-state index contributed by atoms with van der Waals surface area (Å²) in [6.45, 7) is 6.47. The van der Waals surface area contributed by atoms with E-state index in [4.69, 9.17) is 4.74 Å². The third-order valence-electron chi connectivity index (χ3n) is 3.86. The number of aliphatic carboxylic acids is 1. The van der Waals surface area contributed by atoms with Crippen LogP contribution in [0.25, 0.3) is 0 Å². The summed E-state index contributed by atoms with van der Waals surface area (Å²) < 4.78 is 6.45. The summed E-state index contributed by atoms with van der Waals surface area (Å²) in [5, 5.41) is 9.26. The second-order valence-corrected chi connectivity index (χ2v) is 6.05. The highest BCUT2D eigenvalue weighted by atomic mass is 79.9. The van der Waals surface area contributed by atoms with Crippen LogP contribution in [-0.4, -0.2) is 41.8 Å². The lowest BCUT2D eigenvalue weighted by atomic mass is 10.0. The molecule has 20 heavy (non-hydrogen) atoms. The molecule has 1 aliphatic rings. The molecule has 1 aliphatic heterocycles. The summed E-state index contributed by atoms with van der Waals surface area (Å²) in [5.41, 5.74) is 2.38. The number of rotatable bonds is 5. The number of likely N-dealkylation sites (N-methyl/N-ethyl adjacent to an activating group) is 1. The fourth-order valence-electron chi connectivity index (χ4n) is 2.57. The molecule has 2 unspecified atom stereocenters. The van der Waals surface area contributed by atoms with E-state index in [0.717, 1.165) is 17.6 Å². The average Bonchev–Trinajstić information content (AvgIpc) is 2.89. The lowest BCUT2D eigenvalue weighted by Crippen LogP contribution is -2.42. The van der Waals surface area contributed by atoms with E-state index in [1.54, 1.807) is 0 Å². The minimum absolute atomic E-state index is 0.0439. The molecule has 2 rings (SSSR count). The quantitative estimate of drug-likeness (QED) is 0.894. The molecule has 1 fully saturated rings. The van der Waals surface area contributed by atoms with E-state index in [1.165, 1.54) is 11.1 Å². The van der Waals surface area contributed by atoms with Gasteiger partial charge in [0.25, 0.3) is 0 Å². The van der Waals surface area contributed by atoms with Crippen LogP contribution in [0.5, 0.6) is 0 Å². The van der Waals surface area contributed by atoms with Crippen LogP contribution < -0.4 is 0 Å². The molecule has 1 heterocycles. The van der Waals surface area contributed by atoms with Gasteiger partial charge in [-0.15, -0.1) is 0 Å². The minimum atomic E-state index is -0.768. The van der Waals surface area contributed by atoms with Crippen molar-refractivity contribution in [3.05, 3.63) is 33.8 Å². The second-order valence-electron chi connectivity index (χ2n) is 5.20. The standard InChI is InChI=1S/C15H20BrNO3/c1-3-17(14-9-20-8-12(14)15(18)19)7-11-5-4-10(2)13(16)6-11/h4-6,12,14H,3,7-9H2,1-2H3,(H,18,19). The Morgan fingerprint density at radius 1 is 1.50 bits per heavy atom. The molecule has 1 aromatic rings. The van der Waals surface area contributed by atoms with Gasteiger partial charge >= 0.3 is 5.97 Å². The molecular formula is C15H20BrNO3. The van der Waals surface area contributed by atoms with Gasteiger partial charge in [0, 0.05) is 17.1 Å². The molecule has 0 saturated carbocycles. The second kappa shape index (κ2) is 6.70. The van der Waals surface area contributed by atoms with Gasteiger partial charge < -0.3 is 9.84 Å². The van der Waals surface area contributed by atoms with Gasteiger partial charge in [0.05, 0.1) is 19.1 Å². The van der Waals surface area contributed by atoms with Gasteiger partial charge in [0.1, 0.15) is 0 Å². The molecule has 1 saturated heterocycles. The van der Waals surface area contributed by atoms with Gasteiger partial charge in [0.2, 0.25) is 0 Å². The lowest BCUT2D eigenvalue weighted by molar-refractivity contribution is -0.143. The first-order chi connectivity index (χ1) is 9.52. The number of halogens is 1. The Morgan fingerprint density at radius 2 is 2.25 bits per heavy atom. The van der Waals surface area contributed by atoms with Gasteiger partial charge in [-0.1, -0.05) is 35.0 Å². The first kappa shape index (κ1) is 15.5. The SMILES string of the molecule is CCN(Cc1ccc(C)c(Br)c1)C1COCC1C(=O)O. The molecule has 5 heteroatoms. The Kier molecular flexibility index (Phi) is 5.18. The molecule has 2 atom stereocenters. The Hall–Kier alpha value is -0.910. The molecule has 0 bridgehead atoms. The van der Waals surface area contributed by atoms with Gasteiger partial charge in [-0.25, -0.2) is 0 Å². The molecule has 110 valence electrons. The Bertz CT molecular complexity index is 492. The van der Waals surface area contributed by atoms with Crippen LogP contribution in [0.4, 0.5) is 0 Å². The maximum Gasteiger partial charge on any atom is 0.310 e. The van der Waals surface area contributed by atoms with Crippen molar-refractivity contribution >= 4 is 21.9 Å². The summed E-state index contributed by atoms with van der Waals surface area (Å²) >= 11 is 3.54. The Labute approximate surface area is 127 Å². The number of carboxylic acids is 1. The number of ether oxygens (including phenoxy) is 1. The van der Waals surface area contributed by atoms with Gasteiger partial charge in [-0.3, -0.25) is 9.69 Å². The van der Waals surface area contributed by atoms with Crippen LogP contribution in [0.1, 0.15) is 18.1 Å². The number of benzene rings is 1. The maximum absolute atomic E-state index is 11.3. The van der Waals surface area contributed by atoms with E-state index in [0.29, 0.717) is 13.2 Å². The number of hydrogen-bond donors (Lipinski definition) is 1. The Morgan fingerprint density at radius 3 is 2.85 bits per heavy atom. The van der Waals surface area contributed by atoms with Crippen molar-refractivity contribution in [2.75, 3.05) is 19.8 Å². The average molecular weight is 342 g/mol. The number of hydrogen-bond acceptors (Lipinski definition) is 3. The predicted molar refractivity (Wildman–Crippen MR) is 80.7 cm³/mol. The molecular weight excluding hydrogens is 322 g/mol. The van der Waals surface area contributed by atoms with E-state index >= 15 is 0 Å². The molecule has 4 nitrogen and oxygen atoms in total. The predicted octanol–water partition coefficient (Wildman–Crippen LogP) is 2.68. The zero-order valence-electron chi connectivity index (χ0n) is 11.8. The normalized spacial score (nSPS) is 22.4. The largest absolute Gasteiger partial charge is 0.481 e. The van der Waals surface area contributed by atoms with Crippen LogP contribution in [0.3, 0.4) is 0 Å². The van der Waals surface area contributed by atoms with Crippen molar-refractivity contribution in [3.8, 4) is 0 Å². The summed E-state index contributed by atoms with van der Waals surface area (Å²) in [4.78, 5) is 13.5. The third kappa shape index (κ3) is 3.40. The lowest BCUT2D eigenvalue weighted by Gasteiger charge is -2.29. The maximum atomic E-state index is 11.3. The van der Waals surface area contributed by atoms with E-state index in [2.05, 4.69) is 52.9 Å². The summed E-state index contributed by atoms with van der Waals surface area (Å²) in [6, 6.07) is 6.22. The van der Waals surface area contributed by atoms with Crippen LogP contribution in [-0.2, 0) is 16.1 Å². The van der Waals surface area contributed by atoms with Crippen LogP contribution in [0, 0.1) is 12.8 Å². The molecule has 0 radical (unpaired) electrons. The highest BCUT2D eigenvalue weighted by Gasteiger charge is 2.37. The number of carbonyl (C=O) groups is 1. The zero-order valence-corrected chi connectivity index (χ0v) is 13.4.